The Morgan fingerprint density at radius 2 is 1.94 bits per heavy atom. The maximum atomic E-state index is 13.5. The number of hydrogen-bond donors (Lipinski definition) is 0. The highest BCUT2D eigenvalue weighted by molar-refractivity contribution is 7.07. The van der Waals surface area contributed by atoms with Gasteiger partial charge in [0.05, 0.1) is 22.0 Å². The van der Waals surface area contributed by atoms with Crippen LogP contribution < -0.4 is 19.6 Å². The van der Waals surface area contributed by atoms with Gasteiger partial charge in [-0.05, 0) is 38.1 Å². The molecular formula is C24H19ClN4O2S. The van der Waals surface area contributed by atoms with Crippen molar-refractivity contribution in [3.05, 3.63) is 96.3 Å². The minimum absolute atomic E-state index is 0.0690. The Morgan fingerprint density at radius 1 is 1.19 bits per heavy atom. The third-order valence-corrected chi connectivity index (χ3v) is 7.33. The summed E-state index contributed by atoms with van der Waals surface area (Å²) < 4.78 is 10.3. The number of aromatic nitrogens is 3. The fourth-order valence-electron chi connectivity index (χ4n) is 4.48. The summed E-state index contributed by atoms with van der Waals surface area (Å²) in [6.45, 7) is 3.86. The van der Waals surface area contributed by atoms with Gasteiger partial charge in [-0.3, -0.25) is 9.36 Å². The molecule has 6 nitrogen and oxygen atoms in total. The smallest absolute Gasteiger partial charge is 0.270 e. The molecule has 0 radical (unpaired) electrons. The second-order valence-electron chi connectivity index (χ2n) is 8.25. The minimum atomic E-state index is -0.681. The predicted octanol–water partition coefficient (Wildman–Crippen LogP) is 3.61. The zero-order chi connectivity index (χ0) is 22.0. The van der Waals surface area contributed by atoms with Crippen molar-refractivity contribution in [2.24, 2.45) is 4.99 Å². The molecule has 2 aromatic heterocycles. The normalized spacial score (nSPS) is 21.5. The number of thiazole rings is 1. The zero-order valence-corrected chi connectivity index (χ0v) is 19.0. The van der Waals surface area contributed by atoms with E-state index in [-0.39, 0.29) is 11.6 Å². The third kappa shape index (κ3) is 2.88. The Hall–Kier alpha value is -3.16. The van der Waals surface area contributed by atoms with Gasteiger partial charge in [-0.15, -0.1) is 0 Å². The summed E-state index contributed by atoms with van der Waals surface area (Å²) in [5.74, 6) is 0.785. The Balaban J connectivity index is 1.54. The van der Waals surface area contributed by atoms with Crippen molar-refractivity contribution in [2.45, 2.75) is 32.0 Å². The van der Waals surface area contributed by atoms with Gasteiger partial charge in [0.2, 0.25) is 5.72 Å². The van der Waals surface area contributed by atoms with Crippen LogP contribution in [0.5, 0.6) is 5.75 Å². The number of fused-ring (bicyclic) bond motifs is 6. The number of nitrogens with zero attached hydrogens (tertiary/aromatic N) is 4. The second kappa shape index (κ2) is 6.92. The molecule has 0 unspecified atom stereocenters. The number of hydrogen-bond acceptors (Lipinski definition) is 5. The van der Waals surface area contributed by atoms with E-state index in [4.69, 9.17) is 21.3 Å². The number of ether oxygens (including phenoxy) is 1. The van der Waals surface area contributed by atoms with Crippen LogP contribution in [0.3, 0.4) is 0 Å². The molecule has 2 aliphatic heterocycles. The molecule has 2 bridgehead atoms. The maximum absolute atomic E-state index is 13.5. The lowest BCUT2D eigenvalue weighted by Gasteiger charge is -2.39. The Morgan fingerprint density at radius 3 is 2.75 bits per heavy atom. The van der Waals surface area contributed by atoms with E-state index in [1.54, 1.807) is 9.25 Å². The quantitative estimate of drug-likeness (QED) is 0.457. The Kier molecular flexibility index (Phi) is 4.22. The highest BCUT2D eigenvalue weighted by atomic mass is 35.5. The van der Waals surface area contributed by atoms with Crippen LogP contribution in [-0.2, 0) is 0 Å². The molecule has 2 atom stereocenters. The standard InChI is InChI=1S/C24H19ClN4O2S/c1-14-17(21(25)29(27-14)15-8-4-3-5-9-15)12-20-22(30)28-18-13-24(2,26-23(28)32-20)31-19-11-7-6-10-16(18)19/h3-12,18H,13H2,1-2H3/b20-12-/t18-,24-/m1/s1. The van der Waals surface area contributed by atoms with Crippen LogP contribution in [-0.4, -0.2) is 20.1 Å². The lowest BCUT2D eigenvalue weighted by atomic mass is 9.93. The summed E-state index contributed by atoms with van der Waals surface area (Å²) in [7, 11) is 0. The van der Waals surface area contributed by atoms with Crippen LogP contribution >= 0.6 is 22.9 Å². The summed E-state index contributed by atoms with van der Waals surface area (Å²) in [6, 6.07) is 17.5. The largest absolute Gasteiger partial charge is 0.466 e. The monoisotopic (exact) mass is 462 g/mol. The fourth-order valence-corrected chi connectivity index (χ4v) is 5.92. The van der Waals surface area contributed by atoms with Crippen LogP contribution in [0.25, 0.3) is 11.8 Å². The lowest BCUT2D eigenvalue weighted by Crippen LogP contribution is -2.49. The zero-order valence-electron chi connectivity index (χ0n) is 17.4. The first-order chi connectivity index (χ1) is 15.4. The molecule has 4 aromatic rings. The molecule has 6 rings (SSSR count). The van der Waals surface area contributed by atoms with Crippen LogP contribution in [0.1, 0.15) is 36.2 Å². The lowest BCUT2D eigenvalue weighted by molar-refractivity contribution is 0.0410. The van der Waals surface area contributed by atoms with E-state index < -0.39 is 5.72 Å². The number of benzene rings is 2. The van der Waals surface area contributed by atoms with Crippen molar-refractivity contribution in [2.75, 3.05) is 0 Å². The van der Waals surface area contributed by atoms with Crippen molar-refractivity contribution >= 4 is 29.0 Å². The van der Waals surface area contributed by atoms with E-state index in [0.717, 1.165) is 28.3 Å². The second-order valence-corrected chi connectivity index (χ2v) is 9.62. The number of halogens is 1. The fraction of sp³-hybridized carbons (Fsp3) is 0.208. The van der Waals surface area contributed by atoms with E-state index in [0.29, 0.717) is 20.9 Å². The Labute approximate surface area is 192 Å². The topological polar surface area (TPSA) is 61.4 Å². The Bertz CT molecular complexity index is 1550. The molecule has 0 aliphatic carbocycles. The van der Waals surface area contributed by atoms with Crippen LogP contribution in [0.15, 0.2) is 64.4 Å². The van der Waals surface area contributed by atoms with Gasteiger partial charge in [-0.1, -0.05) is 59.3 Å². The van der Waals surface area contributed by atoms with E-state index >= 15 is 0 Å². The van der Waals surface area contributed by atoms with Gasteiger partial charge < -0.3 is 4.74 Å². The summed E-state index contributed by atoms with van der Waals surface area (Å²) in [4.78, 5) is 19.0. The first-order valence-electron chi connectivity index (χ1n) is 10.3. The molecule has 4 heterocycles. The van der Waals surface area contributed by atoms with Gasteiger partial charge >= 0.3 is 0 Å². The molecule has 2 aliphatic rings. The molecule has 8 heteroatoms. The maximum Gasteiger partial charge on any atom is 0.270 e. The molecule has 0 amide bonds. The molecule has 0 saturated carbocycles. The summed E-state index contributed by atoms with van der Waals surface area (Å²) >= 11 is 8.05. The van der Waals surface area contributed by atoms with Gasteiger partial charge in [-0.25, -0.2) is 9.67 Å². The van der Waals surface area contributed by atoms with Gasteiger partial charge in [0.15, 0.2) is 4.80 Å². The van der Waals surface area contributed by atoms with Gasteiger partial charge in [-0.2, -0.15) is 5.10 Å². The van der Waals surface area contributed by atoms with Gasteiger partial charge in [0, 0.05) is 17.5 Å². The van der Waals surface area contributed by atoms with Crippen molar-refractivity contribution < 1.29 is 4.74 Å². The van der Waals surface area contributed by atoms with E-state index in [1.165, 1.54) is 11.3 Å². The first-order valence-corrected chi connectivity index (χ1v) is 11.5. The van der Waals surface area contributed by atoms with Crippen LogP contribution in [0, 0.1) is 6.92 Å². The molecule has 0 saturated heterocycles. The molecule has 160 valence electrons. The number of para-hydroxylation sites is 2. The number of rotatable bonds is 2. The highest BCUT2D eigenvalue weighted by Gasteiger charge is 2.42. The summed E-state index contributed by atoms with van der Waals surface area (Å²) in [5, 5.41) is 5.06. The van der Waals surface area contributed by atoms with E-state index in [2.05, 4.69) is 5.10 Å². The average molecular weight is 463 g/mol. The average Bonchev–Trinajstić information content (AvgIpc) is 3.24. The first kappa shape index (κ1) is 19.5. The number of aryl methyl sites for hydroxylation is 1. The molecule has 2 aromatic carbocycles. The third-order valence-electron chi connectivity index (χ3n) is 5.98. The van der Waals surface area contributed by atoms with Gasteiger partial charge in [0.1, 0.15) is 10.9 Å². The predicted molar refractivity (Wildman–Crippen MR) is 124 cm³/mol. The van der Waals surface area contributed by atoms with Crippen molar-refractivity contribution in [1.29, 1.82) is 0 Å². The molecule has 0 fully saturated rings. The van der Waals surface area contributed by atoms with Gasteiger partial charge in [0.25, 0.3) is 5.56 Å². The molecular weight excluding hydrogens is 444 g/mol. The highest BCUT2D eigenvalue weighted by Crippen LogP contribution is 2.42. The molecule has 0 spiro atoms. The van der Waals surface area contributed by atoms with Crippen molar-refractivity contribution in [1.82, 2.24) is 14.3 Å². The summed E-state index contributed by atoms with van der Waals surface area (Å²) in [6.07, 6.45) is 2.45. The van der Waals surface area contributed by atoms with Crippen molar-refractivity contribution in [3.63, 3.8) is 0 Å². The minimum Gasteiger partial charge on any atom is -0.466 e. The SMILES string of the molecule is Cc1nn(-c2ccccc2)c(Cl)c1/C=c1\sc2n(c1=O)[C@@H]1C[C@](C)(N=2)Oc2ccccc21. The van der Waals surface area contributed by atoms with E-state index in [9.17, 15) is 4.79 Å². The van der Waals surface area contributed by atoms with E-state index in [1.807, 2.05) is 74.5 Å². The van der Waals surface area contributed by atoms with Crippen LogP contribution in [0.2, 0.25) is 5.15 Å². The summed E-state index contributed by atoms with van der Waals surface area (Å²) in [5.41, 5.74) is 2.62. The molecule has 0 N–H and O–H groups in total. The molecule has 32 heavy (non-hydrogen) atoms. The van der Waals surface area contributed by atoms with Crippen molar-refractivity contribution in [3.8, 4) is 11.4 Å². The van der Waals surface area contributed by atoms with Crippen LogP contribution in [0.4, 0.5) is 0 Å².